The minimum atomic E-state index is -0.403. The number of unbranched alkanes of at least 4 members (excludes halogenated alkanes) is 21. The summed E-state index contributed by atoms with van der Waals surface area (Å²) in [4.78, 5) is 0. The molecule has 0 aliphatic carbocycles. The average Bonchev–Trinajstić information content (AvgIpc) is 3.62. The topological polar surface area (TPSA) is 27.7 Å². The highest BCUT2D eigenvalue weighted by molar-refractivity contribution is 5.01. The second-order valence-corrected chi connectivity index (χ2v) is 14.2. The largest absolute Gasteiger partial charge is 0.369 e. The van der Waals surface area contributed by atoms with Crippen molar-refractivity contribution in [3.63, 3.8) is 0 Å². The molecule has 0 amide bonds. The zero-order valence-electron chi connectivity index (χ0n) is 30.7. The van der Waals surface area contributed by atoms with E-state index in [4.69, 9.17) is 14.2 Å². The van der Waals surface area contributed by atoms with Crippen LogP contribution in [0.1, 0.15) is 194 Å². The van der Waals surface area contributed by atoms with Crippen LogP contribution in [0.5, 0.6) is 0 Å². The Morgan fingerprint density at radius 2 is 0.935 bits per heavy atom. The highest BCUT2D eigenvalue weighted by Crippen LogP contribution is 2.42. The summed E-state index contributed by atoms with van der Waals surface area (Å²) in [5.74, 6) is -0.403. The molecule has 3 heteroatoms. The van der Waals surface area contributed by atoms with Gasteiger partial charge in [-0.05, 0) is 70.6 Å². The normalized spacial score (nSPS) is 23.0. The smallest absolute Gasteiger partial charge is 0.169 e. The average molecular weight is 641 g/mol. The summed E-state index contributed by atoms with van der Waals surface area (Å²) < 4.78 is 19.2. The molecule has 0 radical (unpaired) electrons. The quantitative estimate of drug-likeness (QED) is 0.0541. The monoisotopic (exact) mass is 641 g/mol. The molecular weight excluding hydrogens is 564 g/mol. The summed E-state index contributed by atoms with van der Waals surface area (Å²) in [5, 5.41) is 0. The van der Waals surface area contributed by atoms with Crippen molar-refractivity contribution < 1.29 is 14.2 Å². The Kier molecular flexibility index (Phi) is 25.7. The molecule has 2 fully saturated rings. The fourth-order valence-corrected chi connectivity index (χ4v) is 6.99. The Hall–Kier alpha value is -1.16. The molecule has 3 nitrogen and oxygen atoms in total. The highest BCUT2D eigenvalue weighted by Gasteiger charge is 2.52. The Morgan fingerprint density at radius 1 is 0.522 bits per heavy atom. The number of rotatable bonds is 32. The molecule has 2 rings (SSSR count). The minimum absolute atomic E-state index is 0.0236. The first-order chi connectivity index (χ1) is 22.7. The molecule has 2 aliphatic rings. The van der Waals surface area contributed by atoms with Crippen molar-refractivity contribution in [3.8, 4) is 0 Å². The van der Waals surface area contributed by atoms with Crippen LogP contribution in [0.15, 0.2) is 49.1 Å². The third-order valence-electron chi connectivity index (χ3n) is 9.92. The van der Waals surface area contributed by atoms with Gasteiger partial charge in [0, 0.05) is 12.8 Å². The molecule has 2 unspecified atom stereocenters. The van der Waals surface area contributed by atoms with Crippen LogP contribution in [0.2, 0.25) is 0 Å². The second-order valence-electron chi connectivity index (χ2n) is 14.2. The molecule has 2 aliphatic heterocycles. The zero-order valence-corrected chi connectivity index (χ0v) is 30.7. The summed E-state index contributed by atoms with van der Waals surface area (Å²) in [6, 6.07) is 0. The van der Waals surface area contributed by atoms with Crippen LogP contribution >= 0.6 is 0 Å². The van der Waals surface area contributed by atoms with Crippen LogP contribution in [-0.2, 0) is 14.2 Å². The van der Waals surface area contributed by atoms with Gasteiger partial charge in [-0.25, -0.2) is 0 Å². The maximum Gasteiger partial charge on any atom is 0.169 e. The SMILES string of the molecule is C=C[C@@H]1OC[C@H]2OC(CCCCCCCC/C=C\C/C=C\CCCCC)(CCCCCCCCCCC/C=C\CCCCC)OC12. The summed E-state index contributed by atoms with van der Waals surface area (Å²) >= 11 is 0. The van der Waals surface area contributed by atoms with Gasteiger partial charge in [0.25, 0.3) is 0 Å². The van der Waals surface area contributed by atoms with Gasteiger partial charge < -0.3 is 14.2 Å². The van der Waals surface area contributed by atoms with E-state index in [0.29, 0.717) is 6.61 Å². The summed E-state index contributed by atoms with van der Waals surface area (Å²) in [6.45, 7) is 9.16. The van der Waals surface area contributed by atoms with Crippen molar-refractivity contribution >= 4 is 0 Å². The maximum atomic E-state index is 6.69. The fraction of sp³-hybridized carbons (Fsp3) is 0.814. The maximum absolute atomic E-state index is 6.69. The third kappa shape index (κ3) is 19.6. The predicted molar refractivity (Wildman–Crippen MR) is 200 cm³/mol. The van der Waals surface area contributed by atoms with Gasteiger partial charge in [0.2, 0.25) is 0 Å². The van der Waals surface area contributed by atoms with E-state index in [1.165, 1.54) is 161 Å². The van der Waals surface area contributed by atoms with E-state index in [2.05, 4.69) is 56.9 Å². The summed E-state index contributed by atoms with van der Waals surface area (Å²) in [7, 11) is 0. The first kappa shape index (κ1) is 41.0. The van der Waals surface area contributed by atoms with E-state index in [1.54, 1.807) is 0 Å². The first-order valence-electron chi connectivity index (χ1n) is 20.3. The molecule has 0 aromatic carbocycles. The van der Waals surface area contributed by atoms with Gasteiger partial charge in [-0.1, -0.05) is 153 Å². The van der Waals surface area contributed by atoms with E-state index in [1.807, 2.05) is 6.08 Å². The van der Waals surface area contributed by atoms with Crippen LogP contribution in [0.4, 0.5) is 0 Å². The van der Waals surface area contributed by atoms with Gasteiger partial charge >= 0.3 is 0 Å². The Bertz CT molecular complexity index is 785. The molecule has 46 heavy (non-hydrogen) atoms. The summed E-state index contributed by atoms with van der Waals surface area (Å²) in [5.41, 5.74) is 0. The van der Waals surface area contributed by atoms with Crippen molar-refractivity contribution in [3.05, 3.63) is 49.1 Å². The third-order valence-corrected chi connectivity index (χ3v) is 9.92. The van der Waals surface area contributed by atoms with Crippen LogP contribution in [0.25, 0.3) is 0 Å². The molecule has 0 bridgehead atoms. The lowest BCUT2D eigenvalue weighted by molar-refractivity contribution is -0.205. The van der Waals surface area contributed by atoms with E-state index in [0.717, 1.165) is 19.3 Å². The number of allylic oxidation sites excluding steroid dienone is 6. The van der Waals surface area contributed by atoms with Gasteiger partial charge in [-0.2, -0.15) is 0 Å². The molecule has 266 valence electrons. The fourth-order valence-electron chi connectivity index (χ4n) is 6.99. The Labute approximate surface area is 287 Å². The molecular formula is C43H76O3. The lowest BCUT2D eigenvalue weighted by atomic mass is 9.98. The Balaban J connectivity index is 1.52. The van der Waals surface area contributed by atoms with Crippen LogP contribution in [0.3, 0.4) is 0 Å². The van der Waals surface area contributed by atoms with E-state index in [9.17, 15) is 0 Å². The van der Waals surface area contributed by atoms with Crippen molar-refractivity contribution in [1.29, 1.82) is 0 Å². The van der Waals surface area contributed by atoms with Crippen molar-refractivity contribution in [2.75, 3.05) is 6.61 Å². The van der Waals surface area contributed by atoms with Crippen LogP contribution in [-0.4, -0.2) is 30.7 Å². The molecule has 0 aromatic rings. The molecule has 0 saturated carbocycles. The Morgan fingerprint density at radius 3 is 1.39 bits per heavy atom. The van der Waals surface area contributed by atoms with Crippen molar-refractivity contribution in [2.45, 2.75) is 218 Å². The lowest BCUT2D eigenvalue weighted by Gasteiger charge is -2.30. The predicted octanol–water partition coefficient (Wildman–Crippen LogP) is 13.7. The highest BCUT2D eigenvalue weighted by atomic mass is 16.8. The van der Waals surface area contributed by atoms with Crippen LogP contribution < -0.4 is 0 Å². The second kappa shape index (κ2) is 28.8. The number of ether oxygens (including phenoxy) is 3. The van der Waals surface area contributed by atoms with E-state index >= 15 is 0 Å². The first-order valence-corrected chi connectivity index (χ1v) is 20.3. The number of hydrogen-bond donors (Lipinski definition) is 0. The van der Waals surface area contributed by atoms with Gasteiger partial charge in [-0.3, -0.25) is 0 Å². The number of hydrogen-bond acceptors (Lipinski definition) is 3. The molecule has 2 heterocycles. The molecule has 0 spiro atoms. The van der Waals surface area contributed by atoms with Gasteiger partial charge in [-0.15, -0.1) is 6.58 Å². The van der Waals surface area contributed by atoms with Crippen LogP contribution in [0, 0.1) is 0 Å². The number of fused-ring (bicyclic) bond motifs is 1. The molecule has 2 saturated heterocycles. The summed E-state index contributed by atoms with van der Waals surface area (Å²) in [6.07, 6.45) is 52.3. The van der Waals surface area contributed by atoms with Crippen molar-refractivity contribution in [2.24, 2.45) is 0 Å². The lowest BCUT2D eigenvalue weighted by Crippen LogP contribution is -2.34. The van der Waals surface area contributed by atoms with Gasteiger partial charge in [0.15, 0.2) is 5.79 Å². The van der Waals surface area contributed by atoms with Gasteiger partial charge in [0.05, 0.1) is 6.61 Å². The van der Waals surface area contributed by atoms with E-state index in [-0.39, 0.29) is 18.3 Å². The van der Waals surface area contributed by atoms with Gasteiger partial charge in [0.1, 0.15) is 18.3 Å². The zero-order chi connectivity index (χ0) is 32.8. The molecule has 4 atom stereocenters. The van der Waals surface area contributed by atoms with Crippen molar-refractivity contribution in [1.82, 2.24) is 0 Å². The van der Waals surface area contributed by atoms with E-state index < -0.39 is 5.79 Å². The standard InChI is InChI=1S/C43H76O3/c1-4-7-9-11-13-15-17-19-21-23-25-27-29-31-33-35-37-43(45-41-39-44-40(6-3)42(41)46-43)38-36-34-32-30-28-26-24-22-20-18-16-14-12-10-8-5-2/h6,13-16,19,21,40-42H,3-5,7-12,17-18,20,22-39H2,1-2H3/b15-13-,16-14-,21-19-/t40-,41+,42?,43?/m0/s1. The molecule has 0 aromatic heterocycles. The molecule has 0 N–H and O–H groups in total. The minimum Gasteiger partial charge on any atom is -0.369 e.